The molecule has 1 aliphatic heterocycles. The summed E-state index contributed by atoms with van der Waals surface area (Å²) in [4.78, 5) is 18.1. The fourth-order valence-corrected chi connectivity index (χ4v) is 3.20. The Morgan fingerprint density at radius 2 is 2.12 bits per heavy atom. The van der Waals surface area contributed by atoms with Crippen molar-refractivity contribution < 1.29 is 0 Å². The first-order valence-electron chi connectivity index (χ1n) is 8.79. The highest BCUT2D eigenvalue weighted by molar-refractivity contribution is 5.88. The van der Waals surface area contributed by atoms with Gasteiger partial charge >= 0.3 is 0 Å². The van der Waals surface area contributed by atoms with Gasteiger partial charge in [-0.2, -0.15) is 0 Å². The van der Waals surface area contributed by atoms with E-state index in [0.29, 0.717) is 5.92 Å². The fourth-order valence-electron chi connectivity index (χ4n) is 3.20. The van der Waals surface area contributed by atoms with Crippen molar-refractivity contribution in [1.82, 2.24) is 25.3 Å². The molecule has 3 aromatic rings. The molecule has 128 valence electrons. The molecule has 1 aliphatic rings. The minimum Gasteiger partial charge on any atom is -0.368 e. The van der Waals surface area contributed by atoms with Crippen LogP contribution in [0.25, 0.3) is 22.3 Å². The molecule has 4 heterocycles. The SMILES string of the molecule is Cc1ccc(-c2cc3nccnc3c(NC[C@H]3CCCNC3)n2)cn1. The zero-order valence-corrected chi connectivity index (χ0v) is 14.4. The fraction of sp³-hybridized carbons (Fsp3) is 0.368. The summed E-state index contributed by atoms with van der Waals surface area (Å²) in [6, 6.07) is 6.02. The molecule has 0 aromatic carbocycles. The van der Waals surface area contributed by atoms with Gasteiger partial charge in [0.1, 0.15) is 5.52 Å². The van der Waals surface area contributed by atoms with Crippen LogP contribution >= 0.6 is 0 Å². The van der Waals surface area contributed by atoms with Crippen molar-refractivity contribution in [3.05, 3.63) is 42.5 Å². The monoisotopic (exact) mass is 334 g/mol. The molecule has 6 nitrogen and oxygen atoms in total. The predicted octanol–water partition coefficient (Wildman–Crippen LogP) is 2.81. The Hall–Kier alpha value is -2.60. The number of aryl methyl sites for hydroxylation is 1. The predicted molar refractivity (Wildman–Crippen MR) is 99.4 cm³/mol. The number of nitrogens with zero attached hydrogens (tertiary/aromatic N) is 4. The summed E-state index contributed by atoms with van der Waals surface area (Å²) in [6.45, 7) is 5.05. The van der Waals surface area contributed by atoms with Crippen LogP contribution in [0.3, 0.4) is 0 Å². The van der Waals surface area contributed by atoms with Crippen LogP contribution in [0.2, 0.25) is 0 Å². The van der Waals surface area contributed by atoms with E-state index in [1.807, 2.05) is 31.3 Å². The van der Waals surface area contributed by atoms with Crippen LogP contribution in [0.1, 0.15) is 18.5 Å². The van der Waals surface area contributed by atoms with Crippen LogP contribution in [0.4, 0.5) is 5.82 Å². The highest BCUT2D eigenvalue weighted by atomic mass is 15.0. The number of hydrogen-bond donors (Lipinski definition) is 2. The molecular formula is C19H22N6. The van der Waals surface area contributed by atoms with E-state index in [1.54, 1.807) is 12.4 Å². The van der Waals surface area contributed by atoms with E-state index in [-0.39, 0.29) is 0 Å². The molecule has 0 saturated carbocycles. The second kappa shape index (κ2) is 7.11. The average Bonchev–Trinajstić information content (AvgIpc) is 2.67. The first-order chi connectivity index (χ1) is 12.3. The number of pyridine rings is 2. The minimum absolute atomic E-state index is 0.618. The molecule has 4 rings (SSSR count). The Morgan fingerprint density at radius 1 is 1.20 bits per heavy atom. The molecule has 6 heteroatoms. The van der Waals surface area contributed by atoms with E-state index >= 15 is 0 Å². The molecule has 0 unspecified atom stereocenters. The number of aromatic nitrogens is 4. The van der Waals surface area contributed by atoms with E-state index in [4.69, 9.17) is 4.98 Å². The van der Waals surface area contributed by atoms with Gasteiger partial charge in [0.05, 0.1) is 11.2 Å². The van der Waals surface area contributed by atoms with Crippen LogP contribution in [0.5, 0.6) is 0 Å². The van der Waals surface area contributed by atoms with Gasteiger partial charge in [-0.25, -0.2) is 9.97 Å². The van der Waals surface area contributed by atoms with Gasteiger partial charge in [-0.05, 0) is 57.0 Å². The molecule has 2 N–H and O–H groups in total. The maximum absolute atomic E-state index is 4.81. The second-order valence-electron chi connectivity index (χ2n) is 6.56. The Bertz CT molecular complexity index is 855. The molecule has 1 atom stereocenters. The van der Waals surface area contributed by atoms with Crippen molar-refractivity contribution in [1.29, 1.82) is 0 Å². The number of hydrogen-bond acceptors (Lipinski definition) is 6. The Kier molecular flexibility index (Phi) is 4.52. The van der Waals surface area contributed by atoms with Gasteiger partial charge in [0.15, 0.2) is 5.82 Å². The smallest absolute Gasteiger partial charge is 0.154 e. The largest absolute Gasteiger partial charge is 0.368 e. The summed E-state index contributed by atoms with van der Waals surface area (Å²) in [5.41, 5.74) is 4.50. The van der Waals surface area contributed by atoms with Gasteiger partial charge in [-0.3, -0.25) is 9.97 Å². The van der Waals surface area contributed by atoms with Crippen LogP contribution in [-0.2, 0) is 0 Å². The van der Waals surface area contributed by atoms with Crippen molar-refractivity contribution in [2.75, 3.05) is 25.0 Å². The van der Waals surface area contributed by atoms with Gasteiger partial charge in [0.2, 0.25) is 0 Å². The zero-order valence-electron chi connectivity index (χ0n) is 14.4. The summed E-state index contributed by atoms with van der Waals surface area (Å²) >= 11 is 0. The normalized spacial score (nSPS) is 17.6. The molecule has 0 amide bonds. The maximum Gasteiger partial charge on any atom is 0.154 e. The Labute approximate surface area is 147 Å². The molecule has 0 spiro atoms. The summed E-state index contributed by atoms with van der Waals surface area (Å²) in [6.07, 6.45) is 7.76. The number of piperidine rings is 1. The molecule has 25 heavy (non-hydrogen) atoms. The minimum atomic E-state index is 0.618. The van der Waals surface area contributed by atoms with Crippen LogP contribution in [0, 0.1) is 12.8 Å². The third kappa shape index (κ3) is 3.58. The lowest BCUT2D eigenvalue weighted by Gasteiger charge is -2.23. The lowest BCUT2D eigenvalue weighted by Crippen LogP contribution is -2.33. The first-order valence-corrected chi connectivity index (χ1v) is 8.79. The number of fused-ring (bicyclic) bond motifs is 1. The molecule has 3 aromatic heterocycles. The Morgan fingerprint density at radius 3 is 2.92 bits per heavy atom. The van der Waals surface area contributed by atoms with Crippen molar-refractivity contribution >= 4 is 16.9 Å². The molecular weight excluding hydrogens is 312 g/mol. The lowest BCUT2D eigenvalue weighted by atomic mass is 10.00. The molecule has 0 aliphatic carbocycles. The van der Waals surface area contributed by atoms with E-state index in [2.05, 4.69) is 25.6 Å². The molecule has 1 saturated heterocycles. The van der Waals surface area contributed by atoms with Gasteiger partial charge in [-0.15, -0.1) is 0 Å². The van der Waals surface area contributed by atoms with Gasteiger partial charge < -0.3 is 10.6 Å². The zero-order chi connectivity index (χ0) is 17.1. The van der Waals surface area contributed by atoms with Gasteiger partial charge in [-0.1, -0.05) is 0 Å². The summed E-state index contributed by atoms with van der Waals surface area (Å²) in [5, 5.41) is 6.96. The van der Waals surface area contributed by atoms with Crippen molar-refractivity contribution in [3.8, 4) is 11.3 Å². The van der Waals surface area contributed by atoms with Gasteiger partial charge in [0, 0.05) is 36.4 Å². The topological polar surface area (TPSA) is 75.6 Å². The van der Waals surface area contributed by atoms with E-state index in [0.717, 1.165) is 53.4 Å². The summed E-state index contributed by atoms with van der Waals surface area (Å²) in [7, 11) is 0. The highest BCUT2D eigenvalue weighted by Crippen LogP contribution is 2.25. The number of nitrogens with one attached hydrogen (secondary N) is 2. The molecule has 0 radical (unpaired) electrons. The van der Waals surface area contributed by atoms with E-state index in [9.17, 15) is 0 Å². The highest BCUT2D eigenvalue weighted by Gasteiger charge is 2.15. The first kappa shape index (κ1) is 15.9. The molecule has 0 bridgehead atoms. The standard InChI is InChI=1S/C19H22N6/c1-13-4-5-15(12-23-13)16-9-17-18(22-8-7-21-17)19(25-16)24-11-14-3-2-6-20-10-14/h4-5,7-9,12,14,20H,2-3,6,10-11H2,1H3,(H,24,25)/t14-/m0/s1. The van der Waals surface area contributed by atoms with E-state index < -0.39 is 0 Å². The van der Waals surface area contributed by atoms with Crippen molar-refractivity contribution in [2.45, 2.75) is 19.8 Å². The van der Waals surface area contributed by atoms with Crippen molar-refractivity contribution in [2.24, 2.45) is 5.92 Å². The number of anilines is 1. The van der Waals surface area contributed by atoms with Crippen LogP contribution in [0.15, 0.2) is 36.8 Å². The third-order valence-corrected chi connectivity index (χ3v) is 4.62. The maximum atomic E-state index is 4.81. The van der Waals surface area contributed by atoms with Crippen LogP contribution in [-0.4, -0.2) is 39.6 Å². The quantitative estimate of drug-likeness (QED) is 0.764. The third-order valence-electron chi connectivity index (χ3n) is 4.62. The Balaban J connectivity index is 1.67. The van der Waals surface area contributed by atoms with Crippen LogP contribution < -0.4 is 10.6 Å². The van der Waals surface area contributed by atoms with Crippen molar-refractivity contribution in [3.63, 3.8) is 0 Å². The lowest BCUT2D eigenvalue weighted by molar-refractivity contribution is 0.392. The average molecular weight is 334 g/mol. The van der Waals surface area contributed by atoms with Gasteiger partial charge in [0.25, 0.3) is 0 Å². The molecule has 1 fully saturated rings. The number of rotatable bonds is 4. The van der Waals surface area contributed by atoms with E-state index in [1.165, 1.54) is 12.8 Å². The second-order valence-corrected chi connectivity index (χ2v) is 6.56. The summed E-state index contributed by atoms with van der Waals surface area (Å²) < 4.78 is 0. The summed E-state index contributed by atoms with van der Waals surface area (Å²) in [5.74, 6) is 1.42.